The van der Waals surface area contributed by atoms with Crippen molar-refractivity contribution in [3.8, 4) is 0 Å². The number of hydrogen-bond acceptors (Lipinski definition) is 2. The lowest BCUT2D eigenvalue weighted by atomic mass is 10.2. The molecule has 21 heavy (non-hydrogen) atoms. The SMILES string of the molecule is CC[N+](C)(C)C.[I-].c1ccc(CNc2ccccn2)cc1. The van der Waals surface area contributed by atoms with Crippen molar-refractivity contribution in [3.63, 3.8) is 0 Å². The summed E-state index contributed by atoms with van der Waals surface area (Å²) in [4.78, 5) is 4.18. The van der Waals surface area contributed by atoms with Gasteiger partial charge in [-0.15, -0.1) is 0 Å². The molecule has 1 aromatic carbocycles. The zero-order valence-corrected chi connectivity index (χ0v) is 15.5. The summed E-state index contributed by atoms with van der Waals surface area (Å²) in [5.74, 6) is 0.913. The minimum Gasteiger partial charge on any atom is -1.00 e. The predicted molar refractivity (Wildman–Crippen MR) is 86.6 cm³/mol. The quantitative estimate of drug-likeness (QED) is 0.595. The highest BCUT2D eigenvalue weighted by atomic mass is 127. The van der Waals surface area contributed by atoms with Crippen LogP contribution in [0.5, 0.6) is 0 Å². The van der Waals surface area contributed by atoms with E-state index in [4.69, 9.17) is 0 Å². The summed E-state index contributed by atoms with van der Waals surface area (Å²) in [7, 11) is 6.54. The van der Waals surface area contributed by atoms with E-state index in [9.17, 15) is 0 Å². The lowest BCUT2D eigenvalue weighted by Gasteiger charge is -2.20. The number of hydrogen-bond donors (Lipinski definition) is 1. The predicted octanol–water partition coefficient (Wildman–Crippen LogP) is 0.410. The molecule has 3 nitrogen and oxygen atoms in total. The molecular weight excluding hydrogens is 373 g/mol. The molecule has 0 aliphatic rings. The van der Waals surface area contributed by atoms with E-state index in [0.717, 1.165) is 16.8 Å². The molecule has 0 radical (unpaired) electrons. The van der Waals surface area contributed by atoms with Crippen LogP contribution in [0.2, 0.25) is 0 Å². The van der Waals surface area contributed by atoms with Gasteiger partial charge in [-0.2, -0.15) is 0 Å². The Morgan fingerprint density at radius 2 is 1.52 bits per heavy atom. The van der Waals surface area contributed by atoms with Crippen LogP contribution in [-0.2, 0) is 6.54 Å². The molecule has 0 spiro atoms. The molecule has 1 N–H and O–H groups in total. The third kappa shape index (κ3) is 10.3. The van der Waals surface area contributed by atoms with Gasteiger partial charge in [0.15, 0.2) is 0 Å². The Balaban J connectivity index is 0.000000495. The summed E-state index contributed by atoms with van der Waals surface area (Å²) < 4.78 is 1.07. The normalized spacial score (nSPS) is 9.90. The second-order valence-corrected chi connectivity index (χ2v) is 5.66. The van der Waals surface area contributed by atoms with Gasteiger partial charge in [0.25, 0.3) is 0 Å². The summed E-state index contributed by atoms with van der Waals surface area (Å²) in [6, 6.07) is 16.1. The molecular formula is C17H26IN3. The third-order valence-electron chi connectivity index (χ3n) is 2.93. The maximum atomic E-state index is 4.18. The fraction of sp³-hybridized carbons (Fsp3) is 0.353. The van der Waals surface area contributed by atoms with Crippen molar-refractivity contribution >= 4 is 5.82 Å². The van der Waals surface area contributed by atoms with Gasteiger partial charge in [-0.05, 0) is 24.6 Å². The van der Waals surface area contributed by atoms with Gasteiger partial charge < -0.3 is 33.8 Å². The molecule has 0 aliphatic carbocycles. The minimum absolute atomic E-state index is 0. The van der Waals surface area contributed by atoms with Gasteiger partial charge in [0.1, 0.15) is 5.82 Å². The first-order valence-electron chi connectivity index (χ1n) is 7.00. The summed E-state index contributed by atoms with van der Waals surface area (Å²) in [6.45, 7) is 4.21. The first-order valence-corrected chi connectivity index (χ1v) is 7.00. The van der Waals surface area contributed by atoms with Gasteiger partial charge in [-0.1, -0.05) is 36.4 Å². The molecule has 0 aliphatic heterocycles. The van der Waals surface area contributed by atoms with Crippen molar-refractivity contribution in [1.82, 2.24) is 4.98 Å². The van der Waals surface area contributed by atoms with Gasteiger partial charge in [-0.25, -0.2) is 4.98 Å². The number of benzene rings is 1. The molecule has 0 saturated heterocycles. The van der Waals surface area contributed by atoms with E-state index in [-0.39, 0.29) is 24.0 Å². The maximum Gasteiger partial charge on any atom is 0.126 e. The van der Waals surface area contributed by atoms with Gasteiger partial charge in [0.05, 0.1) is 27.7 Å². The fourth-order valence-electron chi connectivity index (χ4n) is 1.26. The summed E-state index contributed by atoms with van der Waals surface area (Å²) >= 11 is 0. The van der Waals surface area contributed by atoms with Crippen LogP contribution in [0, 0.1) is 0 Å². The molecule has 1 aromatic heterocycles. The van der Waals surface area contributed by atoms with Crippen molar-refractivity contribution in [2.24, 2.45) is 0 Å². The van der Waals surface area contributed by atoms with Crippen LogP contribution < -0.4 is 29.3 Å². The Bertz CT molecular complexity index is 427. The first kappa shape index (κ1) is 19.9. The highest BCUT2D eigenvalue weighted by Crippen LogP contribution is 2.04. The largest absolute Gasteiger partial charge is 1.00 e. The Labute approximate surface area is 146 Å². The molecule has 2 aromatic rings. The van der Waals surface area contributed by atoms with E-state index in [0.29, 0.717) is 0 Å². The van der Waals surface area contributed by atoms with Crippen LogP contribution in [0.1, 0.15) is 12.5 Å². The first-order chi connectivity index (χ1) is 9.51. The molecule has 0 fully saturated rings. The van der Waals surface area contributed by atoms with Gasteiger partial charge >= 0.3 is 0 Å². The smallest absolute Gasteiger partial charge is 0.126 e. The summed E-state index contributed by atoms with van der Waals surface area (Å²) in [6.07, 6.45) is 1.79. The van der Waals surface area contributed by atoms with E-state index in [1.807, 2.05) is 36.4 Å². The molecule has 2 rings (SSSR count). The van der Waals surface area contributed by atoms with Gasteiger partial charge in [0.2, 0.25) is 0 Å². The van der Waals surface area contributed by atoms with Gasteiger partial charge in [-0.3, -0.25) is 0 Å². The zero-order valence-electron chi connectivity index (χ0n) is 13.4. The number of nitrogens with one attached hydrogen (secondary N) is 1. The monoisotopic (exact) mass is 399 g/mol. The van der Waals surface area contributed by atoms with E-state index >= 15 is 0 Å². The van der Waals surface area contributed by atoms with Crippen LogP contribution in [0.3, 0.4) is 0 Å². The maximum absolute atomic E-state index is 4.18. The standard InChI is InChI=1S/C12H12N2.C5H14N.HI/c1-2-6-11(7-3-1)10-14-12-8-4-5-9-13-12;1-5-6(2,3)4;/h1-9H,10H2,(H,13,14);5H2,1-4H3;1H/q;+1;/p-1. The Kier molecular flexibility index (Phi) is 9.99. The van der Waals surface area contributed by atoms with Crippen molar-refractivity contribution in [1.29, 1.82) is 0 Å². The van der Waals surface area contributed by atoms with Crippen molar-refractivity contribution < 1.29 is 28.5 Å². The molecule has 0 amide bonds. The molecule has 1 heterocycles. The Morgan fingerprint density at radius 1 is 0.952 bits per heavy atom. The van der Waals surface area contributed by atoms with Crippen molar-refractivity contribution in [2.75, 3.05) is 33.0 Å². The summed E-state index contributed by atoms with van der Waals surface area (Å²) in [5.41, 5.74) is 1.26. The second kappa shape index (κ2) is 10.6. The van der Waals surface area contributed by atoms with Crippen LogP contribution in [0.15, 0.2) is 54.7 Å². The molecule has 4 heteroatoms. The van der Waals surface area contributed by atoms with Crippen LogP contribution in [0.4, 0.5) is 5.82 Å². The molecule has 0 atom stereocenters. The van der Waals surface area contributed by atoms with Gasteiger partial charge in [0, 0.05) is 12.7 Å². The average Bonchev–Trinajstić information content (AvgIpc) is 2.47. The molecule has 0 unspecified atom stereocenters. The third-order valence-corrected chi connectivity index (χ3v) is 2.93. The topological polar surface area (TPSA) is 24.9 Å². The van der Waals surface area contributed by atoms with E-state index in [1.54, 1.807) is 6.20 Å². The van der Waals surface area contributed by atoms with Crippen LogP contribution in [-0.4, -0.2) is 37.2 Å². The second-order valence-electron chi connectivity index (χ2n) is 5.66. The van der Waals surface area contributed by atoms with E-state index in [2.05, 4.69) is 50.5 Å². The van der Waals surface area contributed by atoms with Crippen molar-refractivity contribution in [3.05, 3.63) is 60.3 Å². The highest BCUT2D eigenvalue weighted by molar-refractivity contribution is 5.34. The number of nitrogens with zero attached hydrogens (tertiary/aromatic N) is 2. The number of pyridine rings is 1. The number of rotatable bonds is 4. The van der Waals surface area contributed by atoms with Crippen LogP contribution in [0.25, 0.3) is 0 Å². The highest BCUT2D eigenvalue weighted by Gasteiger charge is 1.97. The summed E-state index contributed by atoms with van der Waals surface area (Å²) in [5, 5.41) is 3.25. The lowest BCUT2D eigenvalue weighted by molar-refractivity contribution is -0.868. The fourth-order valence-corrected chi connectivity index (χ4v) is 1.26. The molecule has 0 saturated carbocycles. The van der Waals surface area contributed by atoms with Crippen molar-refractivity contribution in [2.45, 2.75) is 13.5 Å². The number of aromatic nitrogens is 1. The average molecular weight is 399 g/mol. The Hall–Kier alpha value is -1.14. The number of halogens is 1. The zero-order chi connectivity index (χ0) is 14.8. The lowest BCUT2D eigenvalue weighted by Crippen LogP contribution is -3.00. The van der Waals surface area contributed by atoms with E-state index < -0.39 is 0 Å². The molecule has 116 valence electrons. The Morgan fingerprint density at radius 3 is 2.00 bits per heavy atom. The number of anilines is 1. The molecule has 0 bridgehead atoms. The number of quaternary nitrogens is 1. The van der Waals surface area contributed by atoms with Crippen LogP contribution >= 0.6 is 0 Å². The minimum atomic E-state index is 0. The van der Waals surface area contributed by atoms with E-state index in [1.165, 1.54) is 12.1 Å².